The van der Waals surface area contributed by atoms with Crippen molar-refractivity contribution in [3.63, 3.8) is 0 Å². The van der Waals surface area contributed by atoms with Gasteiger partial charge in [-0.3, -0.25) is 0 Å². The second-order valence-electron chi connectivity index (χ2n) is 5.89. The fraction of sp³-hybridized carbons (Fsp3) is 0.632. The number of carbonyl (C=O) groups is 1. The maximum absolute atomic E-state index is 11.0. The number of aromatic carboxylic acids is 1. The molecular formula is C19H30O4. The fourth-order valence-electron chi connectivity index (χ4n) is 2.47. The minimum Gasteiger partial charge on any atom is -0.478 e. The largest absolute Gasteiger partial charge is 0.478 e. The van der Waals surface area contributed by atoms with E-state index in [1.807, 2.05) is 0 Å². The summed E-state index contributed by atoms with van der Waals surface area (Å²) in [5.74, 6) is -0.754. The number of benzene rings is 1. The lowest BCUT2D eigenvalue weighted by molar-refractivity contribution is -0.207. The van der Waals surface area contributed by atoms with Crippen molar-refractivity contribution in [2.75, 3.05) is 6.61 Å². The standard InChI is InChI=1S/C19H30O4/c1-2-3-4-5-6-7-8-9-10-13-16-22-23-18-15-12-11-14-17(18)19(20)21/h11-12,14-15H,2-10,13,16H2,1H3,(H,20,21). The Morgan fingerprint density at radius 1 is 0.913 bits per heavy atom. The molecule has 1 N–H and O–H groups in total. The molecule has 0 amide bonds. The van der Waals surface area contributed by atoms with Gasteiger partial charge in [0.1, 0.15) is 5.56 Å². The molecule has 1 aromatic carbocycles. The summed E-state index contributed by atoms with van der Waals surface area (Å²) in [6.07, 6.45) is 12.7. The summed E-state index contributed by atoms with van der Waals surface area (Å²) in [5, 5.41) is 9.02. The van der Waals surface area contributed by atoms with E-state index in [1.54, 1.807) is 18.2 Å². The predicted octanol–water partition coefficient (Wildman–Crippen LogP) is 5.62. The van der Waals surface area contributed by atoms with Crippen LogP contribution < -0.4 is 4.89 Å². The monoisotopic (exact) mass is 322 g/mol. The van der Waals surface area contributed by atoms with E-state index in [9.17, 15) is 4.79 Å². The van der Waals surface area contributed by atoms with Crippen LogP contribution in [0.1, 0.15) is 81.5 Å². The average molecular weight is 322 g/mol. The van der Waals surface area contributed by atoms with Crippen molar-refractivity contribution in [1.82, 2.24) is 0 Å². The number of hydrogen-bond donors (Lipinski definition) is 1. The van der Waals surface area contributed by atoms with Gasteiger partial charge in [-0.05, 0) is 18.6 Å². The van der Waals surface area contributed by atoms with E-state index in [4.69, 9.17) is 14.9 Å². The van der Waals surface area contributed by atoms with Gasteiger partial charge in [-0.15, -0.1) is 0 Å². The SMILES string of the molecule is CCCCCCCCCCCCOOc1ccccc1C(=O)O. The third-order valence-electron chi connectivity index (χ3n) is 3.85. The maximum Gasteiger partial charge on any atom is 0.339 e. The van der Waals surface area contributed by atoms with Crippen molar-refractivity contribution in [1.29, 1.82) is 0 Å². The Morgan fingerprint density at radius 2 is 1.48 bits per heavy atom. The van der Waals surface area contributed by atoms with Gasteiger partial charge < -0.3 is 9.99 Å². The van der Waals surface area contributed by atoms with Crippen LogP contribution in [-0.4, -0.2) is 17.7 Å². The fourth-order valence-corrected chi connectivity index (χ4v) is 2.47. The molecule has 4 nitrogen and oxygen atoms in total. The number of rotatable bonds is 14. The zero-order valence-corrected chi connectivity index (χ0v) is 14.3. The summed E-state index contributed by atoms with van der Waals surface area (Å²) < 4.78 is 0. The van der Waals surface area contributed by atoms with Gasteiger partial charge in [-0.25, -0.2) is 4.79 Å². The third kappa shape index (κ3) is 9.24. The zero-order chi connectivity index (χ0) is 16.8. The molecule has 0 atom stereocenters. The van der Waals surface area contributed by atoms with E-state index in [1.165, 1.54) is 57.4 Å². The summed E-state index contributed by atoms with van der Waals surface area (Å²) in [7, 11) is 0. The molecule has 0 unspecified atom stereocenters. The normalized spacial score (nSPS) is 10.7. The van der Waals surface area contributed by atoms with Crippen LogP contribution in [0.25, 0.3) is 0 Å². The molecule has 0 radical (unpaired) electrons. The lowest BCUT2D eigenvalue weighted by atomic mass is 10.1. The number of hydrogen-bond acceptors (Lipinski definition) is 3. The first-order chi connectivity index (χ1) is 11.3. The molecule has 23 heavy (non-hydrogen) atoms. The van der Waals surface area contributed by atoms with Crippen LogP contribution in [0.3, 0.4) is 0 Å². The first kappa shape index (κ1) is 19.5. The third-order valence-corrected chi connectivity index (χ3v) is 3.85. The van der Waals surface area contributed by atoms with Crippen LogP contribution in [0.15, 0.2) is 24.3 Å². The molecule has 1 aromatic rings. The molecule has 1 rings (SSSR count). The lowest BCUT2D eigenvalue weighted by Crippen LogP contribution is -2.05. The van der Waals surface area contributed by atoms with E-state index in [2.05, 4.69) is 6.92 Å². The average Bonchev–Trinajstić information content (AvgIpc) is 2.56. The summed E-state index contributed by atoms with van der Waals surface area (Å²) in [6, 6.07) is 6.49. The highest BCUT2D eigenvalue weighted by Crippen LogP contribution is 2.18. The quantitative estimate of drug-likeness (QED) is 0.274. The summed E-state index contributed by atoms with van der Waals surface area (Å²) in [5.41, 5.74) is 0.121. The molecule has 4 heteroatoms. The van der Waals surface area contributed by atoms with Gasteiger partial charge in [0.15, 0.2) is 5.75 Å². The smallest absolute Gasteiger partial charge is 0.339 e. The van der Waals surface area contributed by atoms with Gasteiger partial charge in [0.2, 0.25) is 0 Å². The molecule has 0 fully saturated rings. The Balaban J connectivity index is 1.97. The Bertz CT molecular complexity index is 431. The van der Waals surface area contributed by atoms with Crippen molar-refractivity contribution in [2.24, 2.45) is 0 Å². The van der Waals surface area contributed by atoms with E-state index in [-0.39, 0.29) is 11.3 Å². The molecule has 0 aliphatic carbocycles. The van der Waals surface area contributed by atoms with Gasteiger partial charge in [0.25, 0.3) is 0 Å². The number of carboxylic acid groups (broad SMARTS) is 1. The first-order valence-corrected chi connectivity index (χ1v) is 8.87. The highest BCUT2D eigenvalue weighted by molar-refractivity contribution is 5.90. The first-order valence-electron chi connectivity index (χ1n) is 8.87. The molecule has 0 heterocycles. The Morgan fingerprint density at radius 3 is 2.09 bits per heavy atom. The summed E-state index contributed by atoms with van der Waals surface area (Å²) in [4.78, 5) is 21.2. The van der Waals surface area contributed by atoms with Crippen LogP contribution in [0.2, 0.25) is 0 Å². The molecule has 0 bridgehead atoms. The summed E-state index contributed by atoms with van der Waals surface area (Å²) in [6.45, 7) is 2.73. The van der Waals surface area contributed by atoms with Gasteiger partial charge >= 0.3 is 5.97 Å². The van der Waals surface area contributed by atoms with Crippen molar-refractivity contribution in [3.8, 4) is 5.75 Å². The van der Waals surface area contributed by atoms with Crippen molar-refractivity contribution >= 4 is 5.97 Å². The predicted molar refractivity (Wildman–Crippen MR) is 91.8 cm³/mol. The highest BCUT2D eigenvalue weighted by atomic mass is 17.2. The van der Waals surface area contributed by atoms with Gasteiger partial charge in [0, 0.05) is 0 Å². The molecule has 0 aliphatic heterocycles. The van der Waals surface area contributed by atoms with Gasteiger partial charge in [-0.2, -0.15) is 4.89 Å². The number of unbranched alkanes of at least 4 members (excludes halogenated alkanes) is 9. The van der Waals surface area contributed by atoms with Crippen LogP contribution in [0, 0.1) is 0 Å². The molecule has 0 saturated heterocycles. The molecule has 0 saturated carbocycles. The van der Waals surface area contributed by atoms with E-state index in [0.717, 1.165) is 12.8 Å². The topological polar surface area (TPSA) is 55.8 Å². The molecule has 0 spiro atoms. The van der Waals surface area contributed by atoms with Crippen LogP contribution in [-0.2, 0) is 4.89 Å². The van der Waals surface area contributed by atoms with Crippen molar-refractivity contribution < 1.29 is 19.7 Å². The Labute approximate surface area is 139 Å². The molecule has 130 valence electrons. The Kier molecular flexibility index (Phi) is 11.0. The van der Waals surface area contributed by atoms with Crippen molar-refractivity contribution in [2.45, 2.75) is 71.1 Å². The molecule has 0 aromatic heterocycles. The number of carboxylic acids is 1. The van der Waals surface area contributed by atoms with E-state index in [0.29, 0.717) is 6.61 Å². The van der Waals surface area contributed by atoms with E-state index >= 15 is 0 Å². The Hall–Kier alpha value is -1.55. The van der Waals surface area contributed by atoms with Crippen LogP contribution in [0.5, 0.6) is 5.75 Å². The second kappa shape index (κ2) is 12.9. The minimum atomic E-state index is -1.01. The number of para-hydroxylation sites is 1. The summed E-state index contributed by atoms with van der Waals surface area (Å²) >= 11 is 0. The lowest BCUT2D eigenvalue weighted by Gasteiger charge is -2.07. The van der Waals surface area contributed by atoms with Crippen molar-refractivity contribution in [3.05, 3.63) is 29.8 Å². The highest BCUT2D eigenvalue weighted by Gasteiger charge is 2.10. The second-order valence-corrected chi connectivity index (χ2v) is 5.89. The zero-order valence-electron chi connectivity index (χ0n) is 14.3. The van der Waals surface area contributed by atoms with Gasteiger partial charge in [-0.1, -0.05) is 76.8 Å². The molecule has 0 aliphatic rings. The minimum absolute atomic E-state index is 0.121. The van der Waals surface area contributed by atoms with Crippen LogP contribution in [0.4, 0.5) is 0 Å². The van der Waals surface area contributed by atoms with E-state index < -0.39 is 5.97 Å². The van der Waals surface area contributed by atoms with Crippen LogP contribution >= 0.6 is 0 Å². The van der Waals surface area contributed by atoms with Gasteiger partial charge in [0.05, 0.1) is 6.61 Å². The molecular weight excluding hydrogens is 292 g/mol. The maximum atomic E-state index is 11.0.